The molecule has 35 heavy (non-hydrogen) atoms. The van der Waals surface area contributed by atoms with Crippen molar-refractivity contribution in [3.63, 3.8) is 0 Å². The third-order valence-corrected chi connectivity index (χ3v) is 6.88. The minimum Gasteiger partial charge on any atom is -0.387 e. The number of aliphatic hydroxyl groups is 3. The van der Waals surface area contributed by atoms with Gasteiger partial charge in [-0.2, -0.15) is 0 Å². The van der Waals surface area contributed by atoms with Crippen molar-refractivity contribution in [3.05, 3.63) is 12.2 Å². The molecule has 0 aromatic carbocycles. The topological polar surface area (TPSA) is 169 Å². The summed E-state index contributed by atoms with van der Waals surface area (Å²) in [5.74, 6) is 5.56. The quantitative estimate of drug-likeness (QED) is 0.387. The maximum Gasteiger partial charge on any atom is 0.252 e. The number of hydrogen-bond acceptors (Lipinski definition) is 9. The third-order valence-electron chi connectivity index (χ3n) is 6.88. The van der Waals surface area contributed by atoms with Crippen LogP contribution in [0.4, 0.5) is 5.82 Å². The molecule has 0 radical (unpaired) electrons. The number of fused-ring (bicyclic) bond motifs is 1. The van der Waals surface area contributed by atoms with Crippen LogP contribution >= 0.6 is 0 Å². The monoisotopic (exact) mass is 486 g/mol. The lowest BCUT2D eigenvalue weighted by molar-refractivity contribution is -0.137. The zero-order valence-corrected chi connectivity index (χ0v) is 20.5. The molecule has 1 aliphatic carbocycles. The molecule has 1 saturated heterocycles. The van der Waals surface area contributed by atoms with E-state index in [-0.39, 0.29) is 34.1 Å². The fourth-order valence-electron chi connectivity index (χ4n) is 5.18. The minimum absolute atomic E-state index is 0.00224. The van der Waals surface area contributed by atoms with Crippen molar-refractivity contribution >= 4 is 22.9 Å². The van der Waals surface area contributed by atoms with Crippen molar-refractivity contribution in [3.8, 4) is 11.8 Å². The Hall–Kier alpha value is -2.78. The number of imidazole rings is 1. The molecule has 4 rings (SSSR count). The molecular weight excluding hydrogens is 452 g/mol. The Morgan fingerprint density at radius 1 is 1.31 bits per heavy atom. The minimum atomic E-state index is -1.43. The van der Waals surface area contributed by atoms with E-state index in [1.807, 2.05) is 0 Å². The normalized spacial score (nSPS) is 31.2. The fraction of sp³-hybridized carbons (Fsp3) is 0.667. The molecule has 6 unspecified atom stereocenters. The molecule has 1 amide bonds. The van der Waals surface area contributed by atoms with Gasteiger partial charge in [-0.25, -0.2) is 15.0 Å². The lowest BCUT2D eigenvalue weighted by atomic mass is 9.64. The number of nitrogens with zero attached hydrogens (tertiary/aromatic N) is 4. The van der Waals surface area contributed by atoms with Crippen molar-refractivity contribution < 1.29 is 24.9 Å². The predicted octanol–water partition coefficient (Wildman–Crippen LogP) is 0.483. The number of nitrogens with one attached hydrogen (secondary N) is 1. The molecule has 3 heterocycles. The van der Waals surface area contributed by atoms with E-state index in [4.69, 9.17) is 10.5 Å². The van der Waals surface area contributed by atoms with Gasteiger partial charge in [-0.3, -0.25) is 9.36 Å². The first-order valence-electron chi connectivity index (χ1n) is 12.0. The first kappa shape index (κ1) is 25.3. The van der Waals surface area contributed by atoms with Gasteiger partial charge in [-0.05, 0) is 37.5 Å². The van der Waals surface area contributed by atoms with Gasteiger partial charge in [0, 0.05) is 12.5 Å². The summed E-state index contributed by atoms with van der Waals surface area (Å²) >= 11 is 0. The van der Waals surface area contributed by atoms with Crippen LogP contribution in [-0.2, 0) is 9.53 Å². The van der Waals surface area contributed by atoms with Gasteiger partial charge >= 0.3 is 0 Å². The van der Waals surface area contributed by atoms with Crippen LogP contribution in [0.1, 0.15) is 65.4 Å². The summed E-state index contributed by atoms with van der Waals surface area (Å²) in [6.07, 6.45) is -0.456. The van der Waals surface area contributed by atoms with Crippen LogP contribution in [0.5, 0.6) is 0 Å². The van der Waals surface area contributed by atoms with Gasteiger partial charge in [0.1, 0.15) is 23.3 Å². The van der Waals surface area contributed by atoms with Gasteiger partial charge < -0.3 is 31.1 Å². The van der Waals surface area contributed by atoms with Crippen molar-refractivity contribution in [1.82, 2.24) is 24.8 Å². The number of ether oxygens (including phenoxy) is 1. The summed E-state index contributed by atoms with van der Waals surface area (Å²) in [6, 6.07) is 0. The molecule has 2 aliphatic rings. The number of aliphatic hydroxyl groups excluding tert-OH is 2. The molecule has 2 fully saturated rings. The number of nitrogens with two attached hydrogens (primary N) is 1. The lowest BCUT2D eigenvalue weighted by Crippen LogP contribution is -2.45. The summed E-state index contributed by atoms with van der Waals surface area (Å²) in [5, 5.41) is 34.9. The Kier molecular flexibility index (Phi) is 6.76. The van der Waals surface area contributed by atoms with E-state index in [2.05, 4.69) is 52.9 Å². The summed E-state index contributed by atoms with van der Waals surface area (Å²) in [4.78, 5) is 25.1. The number of hydrogen-bond donors (Lipinski definition) is 5. The van der Waals surface area contributed by atoms with Crippen LogP contribution in [0.2, 0.25) is 0 Å². The highest BCUT2D eigenvalue weighted by molar-refractivity contribution is 5.83. The van der Waals surface area contributed by atoms with Crippen LogP contribution in [-0.4, -0.2) is 71.2 Å². The van der Waals surface area contributed by atoms with Crippen molar-refractivity contribution in [2.45, 2.75) is 83.5 Å². The molecule has 1 saturated carbocycles. The second-order valence-corrected chi connectivity index (χ2v) is 10.4. The van der Waals surface area contributed by atoms with Crippen LogP contribution in [0.25, 0.3) is 11.2 Å². The number of rotatable bonds is 3. The third kappa shape index (κ3) is 4.71. The van der Waals surface area contributed by atoms with Crippen LogP contribution in [0.15, 0.2) is 6.33 Å². The number of carbonyl (C=O) groups excluding carboxylic acids is 1. The smallest absolute Gasteiger partial charge is 0.252 e. The maximum absolute atomic E-state index is 12.2. The number of anilines is 1. The molecule has 0 spiro atoms. The van der Waals surface area contributed by atoms with Gasteiger partial charge in [0.05, 0.1) is 6.33 Å². The second kappa shape index (κ2) is 9.35. The van der Waals surface area contributed by atoms with E-state index in [1.54, 1.807) is 6.92 Å². The standard InChI is InChI=1S/C24H34N6O5/c1-5-26-21(33)18-16(31)17(32)22(35-18)30-12-27-15-19(25)28-14(29-20(15)30)9-11-24(34)10-7-6-8-13(24)23(2,3)4/h12-13,16-18,22,31-32,34H,5-8,10H2,1-4H3,(H,26,33)(H2,25,28,29). The molecule has 6 N–H and O–H groups in total. The first-order chi connectivity index (χ1) is 16.5. The van der Waals surface area contributed by atoms with Crippen molar-refractivity contribution in [2.24, 2.45) is 11.3 Å². The summed E-state index contributed by atoms with van der Waals surface area (Å²) in [7, 11) is 0. The van der Waals surface area contributed by atoms with E-state index in [0.29, 0.717) is 13.0 Å². The molecule has 11 heteroatoms. The molecule has 6 atom stereocenters. The van der Waals surface area contributed by atoms with Crippen LogP contribution in [0, 0.1) is 23.2 Å². The Balaban J connectivity index is 1.69. The zero-order valence-electron chi connectivity index (χ0n) is 20.5. The SMILES string of the molecule is CCNC(=O)C1OC(n2cnc3c(N)nc(C#CC4(O)CCCCC4C(C)(C)C)nc32)C(O)C1O. The molecule has 0 bridgehead atoms. The lowest BCUT2D eigenvalue weighted by Gasteiger charge is -2.43. The summed E-state index contributed by atoms with van der Waals surface area (Å²) in [5.41, 5.74) is 5.32. The number of carbonyl (C=O) groups is 1. The Morgan fingerprint density at radius 3 is 2.74 bits per heavy atom. The average Bonchev–Trinajstić information content (AvgIpc) is 3.33. The van der Waals surface area contributed by atoms with E-state index in [9.17, 15) is 20.1 Å². The second-order valence-electron chi connectivity index (χ2n) is 10.4. The molecule has 190 valence electrons. The summed E-state index contributed by atoms with van der Waals surface area (Å²) in [6.45, 7) is 8.40. The van der Waals surface area contributed by atoms with Crippen LogP contribution in [0.3, 0.4) is 0 Å². The number of nitrogen functional groups attached to an aromatic ring is 1. The van der Waals surface area contributed by atoms with Crippen LogP contribution < -0.4 is 11.1 Å². The highest BCUT2D eigenvalue weighted by atomic mass is 16.6. The molecule has 1 aliphatic heterocycles. The zero-order chi connectivity index (χ0) is 25.5. The number of amides is 1. The van der Waals surface area contributed by atoms with Gasteiger partial charge in [0.15, 0.2) is 23.8 Å². The molecule has 2 aromatic heterocycles. The van der Waals surface area contributed by atoms with Gasteiger partial charge in [0.2, 0.25) is 5.82 Å². The van der Waals surface area contributed by atoms with E-state index < -0.39 is 36.0 Å². The first-order valence-corrected chi connectivity index (χ1v) is 12.0. The average molecular weight is 487 g/mol. The van der Waals surface area contributed by atoms with Crippen molar-refractivity contribution in [2.75, 3.05) is 12.3 Å². The van der Waals surface area contributed by atoms with Gasteiger partial charge in [-0.1, -0.05) is 33.1 Å². The Labute approximate surface area is 204 Å². The molecule has 2 aromatic rings. The highest BCUT2D eigenvalue weighted by Crippen LogP contribution is 2.44. The predicted molar refractivity (Wildman–Crippen MR) is 128 cm³/mol. The fourth-order valence-corrected chi connectivity index (χ4v) is 5.18. The largest absolute Gasteiger partial charge is 0.387 e. The Bertz CT molecular complexity index is 1160. The van der Waals surface area contributed by atoms with Gasteiger partial charge in [-0.15, -0.1) is 0 Å². The molecular formula is C24H34N6O5. The molecule has 11 nitrogen and oxygen atoms in total. The Morgan fingerprint density at radius 2 is 2.06 bits per heavy atom. The van der Waals surface area contributed by atoms with Crippen molar-refractivity contribution in [1.29, 1.82) is 0 Å². The summed E-state index contributed by atoms with van der Waals surface area (Å²) < 4.78 is 7.09. The van der Waals surface area contributed by atoms with Gasteiger partial charge in [0.25, 0.3) is 5.91 Å². The van der Waals surface area contributed by atoms with E-state index >= 15 is 0 Å². The number of aromatic nitrogens is 4. The maximum atomic E-state index is 12.2. The van der Waals surface area contributed by atoms with E-state index in [0.717, 1.165) is 19.3 Å². The van der Waals surface area contributed by atoms with E-state index in [1.165, 1.54) is 10.9 Å². The highest BCUT2D eigenvalue weighted by Gasteiger charge is 2.48. The number of likely N-dealkylation sites (N-methyl/N-ethyl adjacent to an activating group) is 1.